The summed E-state index contributed by atoms with van der Waals surface area (Å²) in [6.07, 6.45) is -3.58. The number of rotatable bonds is 2. The molecule has 1 aromatic rings. The predicted octanol–water partition coefficient (Wildman–Crippen LogP) is 2.90. The minimum absolute atomic E-state index is 0.0932. The number of alkyl halides is 3. The Balaban J connectivity index is 2.17. The van der Waals surface area contributed by atoms with Gasteiger partial charge in [0, 0.05) is 13.1 Å². The van der Waals surface area contributed by atoms with Gasteiger partial charge in [-0.15, -0.1) is 11.3 Å². The Morgan fingerprint density at radius 1 is 1.55 bits per heavy atom. The second-order valence-electron chi connectivity index (χ2n) is 4.69. The number of halogens is 3. The van der Waals surface area contributed by atoms with E-state index in [0.29, 0.717) is 18.0 Å². The van der Waals surface area contributed by atoms with E-state index in [4.69, 9.17) is 5.73 Å². The van der Waals surface area contributed by atoms with Crippen molar-refractivity contribution in [2.24, 2.45) is 5.92 Å². The number of esters is 1. The highest BCUT2D eigenvalue weighted by atomic mass is 32.1. The third-order valence-electron chi connectivity index (χ3n) is 3.31. The van der Waals surface area contributed by atoms with Crippen molar-refractivity contribution in [2.75, 3.05) is 30.8 Å². The van der Waals surface area contributed by atoms with Gasteiger partial charge in [-0.1, -0.05) is 0 Å². The van der Waals surface area contributed by atoms with E-state index in [1.807, 2.05) is 0 Å². The molecule has 8 heteroatoms. The van der Waals surface area contributed by atoms with E-state index in [-0.39, 0.29) is 23.5 Å². The zero-order chi connectivity index (χ0) is 14.9. The molecule has 1 fully saturated rings. The maximum atomic E-state index is 12.8. The van der Waals surface area contributed by atoms with Crippen molar-refractivity contribution in [3.8, 4) is 0 Å². The van der Waals surface area contributed by atoms with Crippen LogP contribution in [0.15, 0.2) is 6.07 Å². The molecule has 1 aliphatic heterocycles. The summed E-state index contributed by atoms with van der Waals surface area (Å²) in [5.74, 6) is -1.90. The first-order valence-electron chi connectivity index (χ1n) is 6.12. The Morgan fingerprint density at radius 3 is 2.85 bits per heavy atom. The summed E-state index contributed by atoms with van der Waals surface area (Å²) >= 11 is 1.07. The van der Waals surface area contributed by atoms with Gasteiger partial charge in [-0.2, -0.15) is 13.2 Å². The van der Waals surface area contributed by atoms with Crippen molar-refractivity contribution in [2.45, 2.75) is 19.0 Å². The van der Waals surface area contributed by atoms with Gasteiger partial charge in [-0.05, 0) is 18.9 Å². The first-order chi connectivity index (χ1) is 9.32. The molecule has 0 aromatic carbocycles. The van der Waals surface area contributed by atoms with Crippen molar-refractivity contribution >= 4 is 28.0 Å². The summed E-state index contributed by atoms with van der Waals surface area (Å²) in [4.78, 5) is 13.3. The van der Waals surface area contributed by atoms with Crippen LogP contribution >= 0.6 is 11.3 Å². The number of anilines is 2. The highest BCUT2D eigenvalue weighted by Gasteiger charge is 2.42. The molecule has 1 aromatic heterocycles. The second-order valence-corrected chi connectivity index (χ2v) is 5.72. The highest BCUT2D eigenvalue weighted by Crippen LogP contribution is 2.38. The molecule has 0 radical (unpaired) electrons. The van der Waals surface area contributed by atoms with Gasteiger partial charge in [-0.25, -0.2) is 4.79 Å². The van der Waals surface area contributed by atoms with Crippen LogP contribution in [0.25, 0.3) is 0 Å². The van der Waals surface area contributed by atoms with Crippen molar-refractivity contribution < 1.29 is 22.7 Å². The average molecular weight is 308 g/mol. The molecule has 112 valence electrons. The minimum Gasteiger partial charge on any atom is -0.465 e. The molecule has 1 aliphatic rings. The summed E-state index contributed by atoms with van der Waals surface area (Å²) in [6.45, 7) is 0.442. The fraction of sp³-hybridized carbons (Fsp3) is 0.583. The molecule has 0 spiro atoms. The maximum absolute atomic E-state index is 12.8. The van der Waals surface area contributed by atoms with Gasteiger partial charge in [-0.3, -0.25) is 0 Å². The number of methoxy groups -OCH3 is 1. The van der Waals surface area contributed by atoms with E-state index >= 15 is 0 Å². The molecule has 2 heterocycles. The van der Waals surface area contributed by atoms with Crippen molar-refractivity contribution in [1.29, 1.82) is 0 Å². The zero-order valence-electron chi connectivity index (χ0n) is 10.9. The Bertz CT molecular complexity index is 501. The molecular formula is C12H15F3N2O2S. The first kappa shape index (κ1) is 15.0. The van der Waals surface area contributed by atoms with E-state index < -0.39 is 18.1 Å². The Labute approximate surface area is 118 Å². The SMILES string of the molecule is COC(=O)c1sc(N2CCCC(C(F)(F)F)C2)cc1N. The molecule has 4 nitrogen and oxygen atoms in total. The number of nitrogens with zero attached hydrogens (tertiary/aromatic N) is 1. The van der Waals surface area contributed by atoms with Crippen LogP contribution in [0.1, 0.15) is 22.5 Å². The standard InChI is InChI=1S/C12H15F3N2O2S/c1-19-11(18)10-8(16)5-9(20-10)17-4-2-3-7(6-17)12(13,14)15/h5,7H,2-4,6,16H2,1H3. The predicted molar refractivity (Wildman–Crippen MR) is 71.1 cm³/mol. The molecule has 2 N–H and O–H groups in total. The van der Waals surface area contributed by atoms with E-state index in [9.17, 15) is 18.0 Å². The topological polar surface area (TPSA) is 55.6 Å². The van der Waals surface area contributed by atoms with Crippen molar-refractivity contribution in [1.82, 2.24) is 0 Å². The summed E-state index contributed by atoms with van der Waals surface area (Å²) < 4.78 is 42.9. The monoisotopic (exact) mass is 308 g/mol. The minimum atomic E-state index is -4.19. The molecular weight excluding hydrogens is 293 g/mol. The smallest absolute Gasteiger partial charge is 0.393 e. The number of piperidine rings is 1. The Morgan fingerprint density at radius 2 is 2.25 bits per heavy atom. The van der Waals surface area contributed by atoms with Gasteiger partial charge >= 0.3 is 12.1 Å². The van der Waals surface area contributed by atoms with Crippen LogP contribution in [-0.2, 0) is 4.74 Å². The Hall–Kier alpha value is -1.44. The fourth-order valence-corrected chi connectivity index (χ4v) is 3.28. The highest BCUT2D eigenvalue weighted by molar-refractivity contribution is 7.18. The lowest BCUT2D eigenvalue weighted by Gasteiger charge is -2.34. The van der Waals surface area contributed by atoms with Crippen LogP contribution in [0.3, 0.4) is 0 Å². The van der Waals surface area contributed by atoms with Gasteiger partial charge in [0.2, 0.25) is 0 Å². The van der Waals surface area contributed by atoms with E-state index in [1.54, 1.807) is 4.90 Å². The van der Waals surface area contributed by atoms with Crippen LogP contribution in [-0.4, -0.2) is 32.3 Å². The quantitative estimate of drug-likeness (QED) is 0.854. The molecule has 0 aliphatic carbocycles. The van der Waals surface area contributed by atoms with Crippen LogP contribution in [0.2, 0.25) is 0 Å². The normalized spacial score (nSPS) is 20.0. The number of carbonyl (C=O) groups is 1. The Kier molecular flexibility index (Phi) is 4.12. The second kappa shape index (κ2) is 5.51. The first-order valence-corrected chi connectivity index (χ1v) is 6.94. The van der Waals surface area contributed by atoms with Gasteiger partial charge in [0.1, 0.15) is 4.88 Å². The molecule has 20 heavy (non-hydrogen) atoms. The molecule has 0 amide bonds. The van der Waals surface area contributed by atoms with E-state index in [1.165, 1.54) is 13.2 Å². The molecule has 1 atom stereocenters. The third kappa shape index (κ3) is 3.00. The maximum Gasteiger partial charge on any atom is 0.393 e. The summed E-state index contributed by atoms with van der Waals surface area (Å²) in [7, 11) is 1.24. The largest absolute Gasteiger partial charge is 0.465 e. The van der Waals surface area contributed by atoms with E-state index in [0.717, 1.165) is 11.3 Å². The average Bonchev–Trinajstić information content (AvgIpc) is 2.79. The lowest BCUT2D eigenvalue weighted by molar-refractivity contribution is -0.175. The summed E-state index contributed by atoms with van der Waals surface area (Å²) in [6, 6.07) is 1.54. The number of hydrogen-bond donors (Lipinski definition) is 1. The molecule has 1 saturated heterocycles. The number of hydrogen-bond acceptors (Lipinski definition) is 5. The molecule has 0 bridgehead atoms. The van der Waals surface area contributed by atoms with E-state index in [2.05, 4.69) is 4.74 Å². The van der Waals surface area contributed by atoms with Gasteiger partial charge in [0.15, 0.2) is 0 Å². The number of ether oxygens (including phenoxy) is 1. The third-order valence-corrected chi connectivity index (χ3v) is 4.51. The number of nitrogen functional groups attached to an aromatic ring is 1. The van der Waals surface area contributed by atoms with Crippen molar-refractivity contribution in [3.63, 3.8) is 0 Å². The van der Waals surface area contributed by atoms with Crippen LogP contribution in [0.5, 0.6) is 0 Å². The fourth-order valence-electron chi connectivity index (χ4n) is 2.24. The molecule has 2 rings (SSSR count). The van der Waals surface area contributed by atoms with Gasteiger partial charge in [0.05, 0.1) is 23.7 Å². The van der Waals surface area contributed by atoms with Gasteiger partial charge in [0.25, 0.3) is 0 Å². The molecule has 1 unspecified atom stereocenters. The zero-order valence-corrected chi connectivity index (χ0v) is 11.7. The summed E-state index contributed by atoms with van der Waals surface area (Å²) in [5, 5.41) is 0.580. The van der Waals surface area contributed by atoms with Crippen LogP contribution in [0.4, 0.5) is 23.9 Å². The van der Waals surface area contributed by atoms with Crippen molar-refractivity contribution in [3.05, 3.63) is 10.9 Å². The van der Waals surface area contributed by atoms with Crippen LogP contribution < -0.4 is 10.6 Å². The summed E-state index contributed by atoms with van der Waals surface area (Å²) in [5.41, 5.74) is 5.95. The molecule has 0 saturated carbocycles. The number of nitrogens with two attached hydrogens (primary N) is 1. The van der Waals surface area contributed by atoms with Gasteiger partial charge < -0.3 is 15.4 Å². The van der Waals surface area contributed by atoms with Crippen LogP contribution in [0, 0.1) is 5.92 Å². The number of carbonyl (C=O) groups excluding carboxylic acids is 1. The lowest BCUT2D eigenvalue weighted by atomic mass is 9.98. The lowest BCUT2D eigenvalue weighted by Crippen LogP contribution is -2.41. The number of thiophene rings is 1.